The van der Waals surface area contributed by atoms with Crippen LogP contribution in [-0.4, -0.2) is 42.6 Å². The molecule has 0 bridgehead atoms. The number of carboxylic acid groups (broad SMARTS) is 1. The summed E-state index contributed by atoms with van der Waals surface area (Å²) in [5, 5.41) is 34.3. The Morgan fingerprint density at radius 1 is 1.38 bits per heavy atom. The Balaban J connectivity index is 2.35. The zero-order valence-electron chi connectivity index (χ0n) is 8.03. The molecule has 2 heterocycles. The maximum Gasteiger partial charge on any atom is 0.335 e. The van der Waals surface area contributed by atoms with Crippen molar-refractivity contribution in [2.24, 2.45) is 0 Å². The number of aliphatic hydroxyl groups is 2. The molecule has 0 radical (unpaired) electrons. The monoisotopic (exact) mass is 223 g/mol. The second-order valence-electron chi connectivity index (χ2n) is 3.29. The molecule has 0 aliphatic rings. The lowest BCUT2D eigenvalue weighted by Gasteiger charge is -2.12. The Morgan fingerprint density at radius 3 is 2.81 bits per heavy atom. The summed E-state index contributed by atoms with van der Waals surface area (Å²) in [5.74, 6) is -1.50. The van der Waals surface area contributed by atoms with E-state index in [4.69, 9.17) is 10.2 Å². The predicted octanol–water partition coefficient (Wildman–Crippen LogP) is -0.563. The highest BCUT2D eigenvalue weighted by Gasteiger charge is 2.26. The summed E-state index contributed by atoms with van der Waals surface area (Å²) in [6.07, 6.45) is -0.524. The molecule has 2 aromatic heterocycles. The van der Waals surface area contributed by atoms with Gasteiger partial charge in [-0.15, -0.1) is 0 Å². The normalized spacial score (nSPS) is 14.9. The van der Waals surface area contributed by atoms with Crippen LogP contribution in [0.3, 0.4) is 0 Å². The third-order valence-corrected chi connectivity index (χ3v) is 2.20. The van der Waals surface area contributed by atoms with E-state index in [0.29, 0.717) is 10.9 Å². The molecular formula is C9H9N3O4. The molecule has 0 spiro atoms. The molecule has 7 heteroatoms. The van der Waals surface area contributed by atoms with Crippen molar-refractivity contribution in [3.63, 3.8) is 0 Å². The van der Waals surface area contributed by atoms with Crippen LogP contribution in [0, 0.1) is 0 Å². The molecule has 2 aromatic rings. The molecule has 2 atom stereocenters. The molecule has 0 saturated carbocycles. The maximum atomic E-state index is 10.5. The molecule has 16 heavy (non-hydrogen) atoms. The van der Waals surface area contributed by atoms with Gasteiger partial charge >= 0.3 is 5.97 Å². The smallest absolute Gasteiger partial charge is 0.335 e. The Kier molecular flexibility index (Phi) is 2.55. The van der Waals surface area contributed by atoms with Crippen molar-refractivity contribution in [2.45, 2.75) is 12.2 Å². The molecule has 7 nitrogen and oxygen atoms in total. The van der Waals surface area contributed by atoms with Crippen molar-refractivity contribution in [1.82, 2.24) is 15.2 Å². The van der Waals surface area contributed by atoms with Crippen molar-refractivity contribution in [3.05, 3.63) is 24.2 Å². The topological polar surface area (TPSA) is 119 Å². The number of carboxylic acids is 1. The first-order valence-electron chi connectivity index (χ1n) is 4.47. The minimum atomic E-state index is -1.89. The van der Waals surface area contributed by atoms with Crippen LogP contribution in [0.2, 0.25) is 0 Å². The van der Waals surface area contributed by atoms with Crippen LogP contribution in [0.15, 0.2) is 18.5 Å². The van der Waals surface area contributed by atoms with E-state index in [1.165, 1.54) is 18.5 Å². The zero-order valence-corrected chi connectivity index (χ0v) is 8.03. The van der Waals surface area contributed by atoms with Gasteiger partial charge < -0.3 is 15.3 Å². The van der Waals surface area contributed by atoms with Crippen LogP contribution in [0.25, 0.3) is 10.9 Å². The quantitative estimate of drug-likeness (QED) is 0.553. The number of H-pyrrole nitrogens is 1. The van der Waals surface area contributed by atoms with Gasteiger partial charge in [-0.25, -0.2) is 4.79 Å². The average molecular weight is 223 g/mol. The maximum absolute atomic E-state index is 10.5. The van der Waals surface area contributed by atoms with Crippen LogP contribution in [0.1, 0.15) is 11.8 Å². The van der Waals surface area contributed by atoms with Gasteiger partial charge in [-0.1, -0.05) is 0 Å². The first-order chi connectivity index (χ1) is 7.59. The van der Waals surface area contributed by atoms with Gasteiger partial charge in [0, 0.05) is 5.39 Å². The van der Waals surface area contributed by atoms with Crippen LogP contribution in [0.4, 0.5) is 0 Å². The fraction of sp³-hybridized carbons (Fsp3) is 0.222. The van der Waals surface area contributed by atoms with Gasteiger partial charge in [-0.05, 0) is 6.07 Å². The first-order valence-corrected chi connectivity index (χ1v) is 4.47. The molecule has 4 N–H and O–H groups in total. The Morgan fingerprint density at radius 2 is 2.12 bits per heavy atom. The first kappa shape index (κ1) is 10.5. The van der Waals surface area contributed by atoms with Crippen LogP contribution in [-0.2, 0) is 4.79 Å². The highest BCUT2D eigenvalue weighted by atomic mass is 16.4. The van der Waals surface area contributed by atoms with Gasteiger partial charge in [-0.2, -0.15) is 5.10 Å². The largest absolute Gasteiger partial charge is 0.479 e. The number of rotatable bonds is 3. The third-order valence-electron chi connectivity index (χ3n) is 2.20. The number of pyridine rings is 1. The van der Waals surface area contributed by atoms with E-state index in [-0.39, 0.29) is 5.69 Å². The fourth-order valence-corrected chi connectivity index (χ4v) is 1.32. The highest BCUT2D eigenvalue weighted by Crippen LogP contribution is 2.18. The van der Waals surface area contributed by atoms with E-state index in [2.05, 4.69) is 15.2 Å². The van der Waals surface area contributed by atoms with Crippen LogP contribution >= 0.6 is 0 Å². The van der Waals surface area contributed by atoms with Crippen molar-refractivity contribution in [1.29, 1.82) is 0 Å². The Hall–Kier alpha value is -1.99. The van der Waals surface area contributed by atoms with Crippen LogP contribution < -0.4 is 0 Å². The lowest BCUT2D eigenvalue weighted by atomic mass is 10.1. The number of aromatic amines is 1. The number of aliphatic carboxylic acids is 1. The minimum Gasteiger partial charge on any atom is -0.479 e. The molecule has 2 rings (SSSR count). The summed E-state index contributed by atoms with van der Waals surface area (Å²) in [5.41, 5.74) is 0.754. The van der Waals surface area contributed by atoms with Crippen molar-refractivity contribution in [2.75, 3.05) is 0 Å². The summed E-state index contributed by atoms with van der Waals surface area (Å²) >= 11 is 0. The number of aliphatic hydroxyl groups excluding tert-OH is 2. The SMILES string of the molecule is O=C(O)C(O)C(O)c1cc2cn[nH]c2cn1. The summed E-state index contributed by atoms with van der Waals surface area (Å²) in [7, 11) is 0. The molecule has 0 amide bonds. The number of hydrogen-bond acceptors (Lipinski definition) is 5. The standard InChI is InChI=1S/C9H9N3O4/c13-7(8(14)9(15)16)5-1-4-2-11-12-6(4)3-10-5/h1-3,7-8,13-14H,(H,11,12)(H,15,16). The molecule has 2 unspecified atom stereocenters. The van der Waals surface area contributed by atoms with E-state index in [1.54, 1.807) is 0 Å². The van der Waals surface area contributed by atoms with E-state index < -0.39 is 18.2 Å². The number of aromatic nitrogens is 3. The van der Waals surface area contributed by atoms with Gasteiger partial charge in [0.05, 0.1) is 23.6 Å². The number of hydrogen-bond donors (Lipinski definition) is 4. The average Bonchev–Trinajstić information content (AvgIpc) is 2.73. The van der Waals surface area contributed by atoms with Gasteiger partial charge in [0.1, 0.15) is 6.10 Å². The van der Waals surface area contributed by atoms with Crippen molar-refractivity contribution >= 4 is 16.9 Å². The predicted molar refractivity (Wildman–Crippen MR) is 52.5 cm³/mol. The van der Waals surface area contributed by atoms with E-state index in [9.17, 15) is 9.90 Å². The molecule has 0 aromatic carbocycles. The highest BCUT2D eigenvalue weighted by molar-refractivity contribution is 5.78. The van der Waals surface area contributed by atoms with Gasteiger partial charge in [0.25, 0.3) is 0 Å². The molecule has 84 valence electrons. The summed E-state index contributed by atoms with van der Waals surface area (Å²) in [6, 6.07) is 1.47. The van der Waals surface area contributed by atoms with E-state index in [1.807, 2.05) is 0 Å². The Labute approximate surface area is 89.4 Å². The number of carbonyl (C=O) groups is 1. The Bertz CT molecular complexity index is 524. The van der Waals surface area contributed by atoms with Gasteiger partial charge in [-0.3, -0.25) is 10.1 Å². The molecule has 0 aliphatic heterocycles. The fourth-order valence-electron chi connectivity index (χ4n) is 1.32. The number of nitrogens with one attached hydrogen (secondary N) is 1. The molecular weight excluding hydrogens is 214 g/mol. The van der Waals surface area contributed by atoms with E-state index in [0.717, 1.165) is 0 Å². The summed E-state index contributed by atoms with van der Waals surface area (Å²) in [4.78, 5) is 14.3. The zero-order chi connectivity index (χ0) is 11.7. The van der Waals surface area contributed by atoms with Crippen LogP contribution in [0.5, 0.6) is 0 Å². The molecule has 0 saturated heterocycles. The molecule has 0 aliphatic carbocycles. The third kappa shape index (κ3) is 1.73. The second kappa shape index (κ2) is 3.87. The summed E-state index contributed by atoms with van der Waals surface area (Å²) in [6.45, 7) is 0. The lowest BCUT2D eigenvalue weighted by Crippen LogP contribution is -2.28. The van der Waals surface area contributed by atoms with Crippen molar-refractivity contribution < 1.29 is 20.1 Å². The lowest BCUT2D eigenvalue weighted by molar-refractivity contribution is -0.153. The van der Waals surface area contributed by atoms with Gasteiger partial charge in [0.15, 0.2) is 6.10 Å². The number of nitrogens with zero attached hydrogens (tertiary/aromatic N) is 2. The van der Waals surface area contributed by atoms with Crippen molar-refractivity contribution in [3.8, 4) is 0 Å². The van der Waals surface area contributed by atoms with Gasteiger partial charge in [0.2, 0.25) is 0 Å². The summed E-state index contributed by atoms with van der Waals surface area (Å²) < 4.78 is 0. The molecule has 0 fully saturated rings. The number of fused-ring (bicyclic) bond motifs is 1. The second-order valence-corrected chi connectivity index (χ2v) is 3.29. The van der Waals surface area contributed by atoms with E-state index >= 15 is 0 Å². The minimum absolute atomic E-state index is 0.0869.